The molecule has 0 aromatic carbocycles. The summed E-state index contributed by atoms with van der Waals surface area (Å²) in [5.41, 5.74) is 5.02. The van der Waals surface area contributed by atoms with Crippen LogP contribution in [0.4, 0.5) is 8.78 Å². The molecule has 1 aliphatic heterocycles. The lowest BCUT2D eigenvalue weighted by Gasteiger charge is -2.26. The quantitative estimate of drug-likeness (QED) is 0.761. The van der Waals surface area contributed by atoms with Gasteiger partial charge in [0.15, 0.2) is 0 Å². The maximum Gasteiger partial charge on any atom is 0.272 e. The number of likely N-dealkylation sites (tertiary alicyclic amines) is 1. The third-order valence-corrected chi connectivity index (χ3v) is 2.74. The molecule has 1 saturated heterocycles. The molecule has 1 fully saturated rings. The standard InChI is InChI=1S/C10H20F2N2/c1-9-4-2-3-5-14(6-9)8-10(11,12)7-13/h9H,2-8,13H2,1H3. The SMILES string of the molecule is CC1CCCCN(CC(F)(F)CN)C1. The Balaban J connectivity index is 2.42. The fourth-order valence-electron chi connectivity index (χ4n) is 1.99. The Hall–Kier alpha value is -0.220. The molecule has 1 aliphatic rings. The summed E-state index contributed by atoms with van der Waals surface area (Å²) in [4.78, 5) is 1.85. The average Bonchev–Trinajstić information content (AvgIpc) is 2.29. The molecule has 0 spiro atoms. The van der Waals surface area contributed by atoms with Gasteiger partial charge < -0.3 is 5.73 Å². The highest BCUT2D eigenvalue weighted by molar-refractivity contribution is 4.76. The molecule has 0 bridgehead atoms. The van der Waals surface area contributed by atoms with Gasteiger partial charge >= 0.3 is 0 Å². The first kappa shape index (κ1) is 11.9. The lowest BCUT2D eigenvalue weighted by Crippen LogP contribution is -2.43. The molecular formula is C10H20F2N2. The van der Waals surface area contributed by atoms with Crippen molar-refractivity contribution in [1.82, 2.24) is 4.90 Å². The van der Waals surface area contributed by atoms with Crippen LogP contribution in [0.5, 0.6) is 0 Å². The fourth-order valence-corrected chi connectivity index (χ4v) is 1.99. The predicted molar refractivity (Wildman–Crippen MR) is 53.5 cm³/mol. The second kappa shape index (κ2) is 5.03. The van der Waals surface area contributed by atoms with E-state index in [1.165, 1.54) is 0 Å². The molecule has 1 atom stereocenters. The van der Waals surface area contributed by atoms with E-state index in [2.05, 4.69) is 6.92 Å². The highest BCUT2D eigenvalue weighted by atomic mass is 19.3. The summed E-state index contributed by atoms with van der Waals surface area (Å²) < 4.78 is 26.1. The van der Waals surface area contributed by atoms with Crippen molar-refractivity contribution < 1.29 is 8.78 Å². The third-order valence-electron chi connectivity index (χ3n) is 2.74. The van der Waals surface area contributed by atoms with E-state index < -0.39 is 12.5 Å². The van der Waals surface area contributed by atoms with Gasteiger partial charge in [-0.25, -0.2) is 8.78 Å². The van der Waals surface area contributed by atoms with Crippen LogP contribution in [-0.2, 0) is 0 Å². The lowest BCUT2D eigenvalue weighted by molar-refractivity contribution is -0.0247. The largest absolute Gasteiger partial charge is 0.325 e. The molecule has 2 nitrogen and oxygen atoms in total. The molecule has 14 heavy (non-hydrogen) atoms. The monoisotopic (exact) mass is 206 g/mol. The van der Waals surface area contributed by atoms with E-state index in [4.69, 9.17) is 5.73 Å². The average molecular weight is 206 g/mol. The topological polar surface area (TPSA) is 29.3 Å². The van der Waals surface area contributed by atoms with Crippen LogP contribution in [0.15, 0.2) is 0 Å². The first-order valence-corrected chi connectivity index (χ1v) is 5.34. The second-order valence-electron chi connectivity index (χ2n) is 4.40. The van der Waals surface area contributed by atoms with Crippen molar-refractivity contribution in [2.75, 3.05) is 26.2 Å². The van der Waals surface area contributed by atoms with Gasteiger partial charge in [-0.05, 0) is 25.3 Å². The third kappa shape index (κ3) is 3.88. The highest BCUT2D eigenvalue weighted by Crippen LogP contribution is 2.19. The predicted octanol–water partition coefficient (Wildman–Crippen LogP) is 1.70. The first-order valence-electron chi connectivity index (χ1n) is 5.34. The minimum atomic E-state index is -2.72. The van der Waals surface area contributed by atoms with Crippen molar-refractivity contribution >= 4 is 0 Å². The maximum atomic E-state index is 13.0. The zero-order chi connectivity index (χ0) is 10.6. The number of hydrogen-bond acceptors (Lipinski definition) is 2. The fraction of sp³-hybridized carbons (Fsp3) is 1.00. The van der Waals surface area contributed by atoms with E-state index in [1.807, 2.05) is 4.90 Å². The van der Waals surface area contributed by atoms with Crippen LogP contribution in [0.3, 0.4) is 0 Å². The van der Waals surface area contributed by atoms with Crippen LogP contribution in [0.2, 0.25) is 0 Å². The molecule has 0 amide bonds. The molecule has 0 aromatic rings. The van der Waals surface area contributed by atoms with E-state index in [9.17, 15) is 8.78 Å². The lowest BCUT2D eigenvalue weighted by atomic mass is 10.1. The van der Waals surface area contributed by atoms with Gasteiger partial charge in [0, 0.05) is 6.54 Å². The van der Waals surface area contributed by atoms with Crippen molar-refractivity contribution in [3.05, 3.63) is 0 Å². The van der Waals surface area contributed by atoms with Gasteiger partial charge in [0.1, 0.15) is 0 Å². The van der Waals surface area contributed by atoms with Crippen LogP contribution in [-0.4, -0.2) is 37.0 Å². The van der Waals surface area contributed by atoms with E-state index in [1.54, 1.807) is 0 Å². The molecule has 1 unspecified atom stereocenters. The summed E-state index contributed by atoms with van der Waals surface area (Å²) in [6.07, 6.45) is 3.35. The van der Waals surface area contributed by atoms with Crippen LogP contribution < -0.4 is 5.73 Å². The molecular weight excluding hydrogens is 186 g/mol. The molecule has 1 rings (SSSR count). The molecule has 84 valence electrons. The van der Waals surface area contributed by atoms with E-state index in [0.29, 0.717) is 5.92 Å². The number of nitrogens with zero attached hydrogens (tertiary/aromatic N) is 1. The Morgan fingerprint density at radius 3 is 2.79 bits per heavy atom. The van der Waals surface area contributed by atoms with Crippen molar-refractivity contribution in [2.45, 2.75) is 32.1 Å². The Bertz CT molecular complexity index is 174. The Kier molecular flexibility index (Phi) is 4.26. The summed E-state index contributed by atoms with van der Waals surface area (Å²) in [5, 5.41) is 0. The Morgan fingerprint density at radius 2 is 2.14 bits per heavy atom. The van der Waals surface area contributed by atoms with Crippen molar-refractivity contribution in [2.24, 2.45) is 11.7 Å². The molecule has 0 radical (unpaired) electrons. The summed E-state index contributed by atoms with van der Waals surface area (Å²) in [6, 6.07) is 0. The number of nitrogens with two attached hydrogens (primary N) is 1. The Morgan fingerprint density at radius 1 is 1.43 bits per heavy atom. The smallest absolute Gasteiger partial charge is 0.272 e. The number of hydrogen-bond donors (Lipinski definition) is 1. The molecule has 0 saturated carbocycles. The zero-order valence-electron chi connectivity index (χ0n) is 8.81. The zero-order valence-corrected chi connectivity index (χ0v) is 8.81. The molecule has 0 aliphatic carbocycles. The molecule has 1 heterocycles. The normalized spacial score (nSPS) is 26.1. The van der Waals surface area contributed by atoms with Gasteiger partial charge in [-0.2, -0.15) is 0 Å². The summed E-state index contributed by atoms with van der Waals surface area (Å²) in [7, 11) is 0. The van der Waals surface area contributed by atoms with Gasteiger partial charge in [-0.1, -0.05) is 13.3 Å². The van der Waals surface area contributed by atoms with E-state index in [0.717, 1.165) is 32.4 Å². The Labute approximate surface area is 84.4 Å². The number of alkyl halides is 2. The number of rotatable bonds is 3. The van der Waals surface area contributed by atoms with Crippen molar-refractivity contribution in [3.8, 4) is 0 Å². The minimum Gasteiger partial charge on any atom is -0.325 e. The molecule has 0 aromatic heterocycles. The van der Waals surface area contributed by atoms with Gasteiger partial charge in [-0.15, -0.1) is 0 Å². The summed E-state index contributed by atoms with van der Waals surface area (Å²) >= 11 is 0. The van der Waals surface area contributed by atoms with Gasteiger partial charge in [0.2, 0.25) is 0 Å². The van der Waals surface area contributed by atoms with Gasteiger partial charge in [0.05, 0.1) is 13.1 Å². The summed E-state index contributed by atoms with van der Waals surface area (Å²) in [5.74, 6) is -2.18. The van der Waals surface area contributed by atoms with Crippen molar-refractivity contribution in [1.29, 1.82) is 0 Å². The van der Waals surface area contributed by atoms with Crippen LogP contribution in [0, 0.1) is 5.92 Å². The van der Waals surface area contributed by atoms with E-state index >= 15 is 0 Å². The highest BCUT2D eigenvalue weighted by Gasteiger charge is 2.30. The van der Waals surface area contributed by atoms with Crippen molar-refractivity contribution in [3.63, 3.8) is 0 Å². The van der Waals surface area contributed by atoms with Gasteiger partial charge in [-0.3, -0.25) is 4.90 Å². The van der Waals surface area contributed by atoms with Gasteiger partial charge in [0.25, 0.3) is 5.92 Å². The van der Waals surface area contributed by atoms with Crippen LogP contribution in [0.1, 0.15) is 26.2 Å². The first-order chi connectivity index (χ1) is 6.53. The van der Waals surface area contributed by atoms with Crippen LogP contribution in [0.25, 0.3) is 0 Å². The molecule has 4 heteroatoms. The summed E-state index contributed by atoms with van der Waals surface area (Å²) in [6.45, 7) is 2.99. The molecule has 2 N–H and O–H groups in total. The minimum absolute atomic E-state index is 0.173. The van der Waals surface area contributed by atoms with Crippen LogP contribution >= 0.6 is 0 Å². The van der Waals surface area contributed by atoms with E-state index in [-0.39, 0.29) is 6.54 Å². The number of halogens is 2. The maximum absolute atomic E-state index is 13.0. The second-order valence-corrected chi connectivity index (χ2v) is 4.40.